The van der Waals surface area contributed by atoms with E-state index in [-0.39, 0.29) is 11.5 Å². The Bertz CT molecular complexity index is 1650. The van der Waals surface area contributed by atoms with Crippen LogP contribution in [0.2, 0.25) is 0 Å². The van der Waals surface area contributed by atoms with E-state index in [0.29, 0.717) is 47.9 Å². The summed E-state index contributed by atoms with van der Waals surface area (Å²) in [4.78, 5) is 13.0. The van der Waals surface area contributed by atoms with Crippen LogP contribution in [0.1, 0.15) is 124 Å². The topological polar surface area (TPSA) is 44.8 Å². The Labute approximate surface area is 333 Å². The molecule has 7 atom stereocenters. The molecule has 0 bridgehead atoms. The van der Waals surface area contributed by atoms with E-state index in [0.717, 1.165) is 45.1 Å². The second kappa shape index (κ2) is 16.6. The fourth-order valence-electron chi connectivity index (χ4n) is 12.8. The van der Waals surface area contributed by atoms with Crippen LogP contribution in [0.4, 0.5) is 0 Å². The Morgan fingerprint density at radius 2 is 1.31 bits per heavy atom. The van der Waals surface area contributed by atoms with E-state index in [9.17, 15) is 4.79 Å². The number of hydrogen-bond donors (Lipinski definition) is 0. The molecule has 4 nitrogen and oxygen atoms in total. The number of carbonyl (C=O) groups is 1. The predicted molar refractivity (Wildman–Crippen MR) is 226 cm³/mol. The van der Waals surface area contributed by atoms with Crippen LogP contribution in [0.15, 0.2) is 103 Å². The standard InChI is InChI=1S/C50H66O4Si/c1-4-41(54-55(42-19-11-8-12-20-42,43-21-13-9-14-22-43)44-23-15-10-16-24-44)36-38-26-28-46-45-27-25-39-35-40(51)29-34-49(39,47(45)30-33-48(38,46)3)37-53-50(52-5-2)31-17-6-7-18-32-50/h8-16,19-24,35,38,41,45-47H,4-7,17-18,25-34,36-37H2,1-3H3/t38-,41?,45-,46-,47-,48+,49+/m0/s1. The first-order valence-electron chi connectivity index (χ1n) is 22.2. The third-order valence-electron chi connectivity index (χ3n) is 15.6. The van der Waals surface area contributed by atoms with E-state index in [4.69, 9.17) is 13.9 Å². The number of benzene rings is 3. The minimum absolute atomic E-state index is 0.0338. The lowest BCUT2D eigenvalue weighted by atomic mass is 9.46. The molecule has 0 spiro atoms. The number of carbonyl (C=O) groups excluding carboxylic acids is 1. The molecule has 0 heterocycles. The molecule has 1 unspecified atom stereocenters. The minimum atomic E-state index is -2.81. The van der Waals surface area contributed by atoms with Gasteiger partial charge in [-0.2, -0.15) is 0 Å². The Morgan fingerprint density at radius 1 is 0.691 bits per heavy atom. The van der Waals surface area contributed by atoms with Crippen molar-refractivity contribution < 1.29 is 18.7 Å². The number of ketones is 1. The Balaban J connectivity index is 1.06. The molecule has 4 saturated carbocycles. The quantitative estimate of drug-likeness (QED) is 0.0754. The molecule has 0 amide bonds. The fourth-order valence-corrected chi connectivity index (χ4v) is 17.0. The maximum Gasteiger partial charge on any atom is 0.288 e. The number of rotatable bonds is 13. The van der Waals surface area contributed by atoms with E-state index >= 15 is 0 Å². The largest absolute Gasteiger partial charge is 0.401 e. The molecule has 0 aromatic heterocycles. The van der Waals surface area contributed by atoms with Crippen molar-refractivity contribution in [3.05, 3.63) is 103 Å². The highest BCUT2D eigenvalue weighted by Gasteiger charge is 2.61. The maximum atomic E-state index is 13.0. The highest BCUT2D eigenvalue weighted by atomic mass is 28.4. The summed E-state index contributed by atoms with van der Waals surface area (Å²) in [5, 5.41) is 3.96. The van der Waals surface area contributed by atoms with E-state index in [1.807, 2.05) is 0 Å². The smallest absolute Gasteiger partial charge is 0.288 e. The molecule has 294 valence electrons. The van der Waals surface area contributed by atoms with Crippen LogP contribution < -0.4 is 15.6 Å². The summed E-state index contributed by atoms with van der Waals surface area (Å²) in [7, 11) is -2.81. The van der Waals surface area contributed by atoms with Gasteiger partial charge in [0.05, 0.1) is 6.61 Å². The van der Waals surface area contributed by atoms with Crippen LogP contribution in [0, 0.1) is 34.5 Å². The van der Waals surface area contributed by atoms with Crippen molar-refractivity contribution in [1.29, 1.82) is 0 Å². The van der Waals surface area contributed by atoms with E-state index in [1.54, 1.807) is 0 Å². The van der Waals surface area contributed by atoms with Gasteiger partial charge in [0, 0.05) is 37.4 Å². The lowest BCUT2D eigenvalue weighted by Gasteiger charge is -2.59. The van der Waals surface area contributed by atoms with Gasteiger partial charge in [-0.05, 0) is 128 Å². The van der Waals surface area contributed by atoms with Gasteiger partial charge in [-0.25, -0.2) is 0 Å². The van der Waals surface area contributed by atoms with Crippen molar-refractivity contribution in [2.45, 2.75) is 135 Å². The molecule has 0 N–H and O–H groups in total. The van der Waals surface area contributed by atoms with Gasteiger partial charge < -0.3 is 13.9 Å². The Morgan fingerprint density at radius 3 is 1.89 bits per heavy atom. The highest BCUT2D eigenvalue weighted by molar-refractivity contribution is 7.07. The van der Waals surface area contributed by atoms with Crippen LogP contribution in [-0.2, 0) is 18.7 Å². The van der Waals surface area contributed by atoms with E-state index in [2.05, 4.69) is 118 Å². The molecule has 8 rings (SSSR count). The summed E-state index contributed by atoms with van der Waals surface area (Å²) in [6, 6.07) is 33.4. The van der Waals surface area contributed by atoms with Crippen LogP contribution in [0.25, 0.3) is 0 Å². The molecule has 55 heavy (non-hydrogen) atoms. The van der Waals surface area contributed by atoms with Gasteiger partial charge in [0.15, 0.2) is 11.6 Å². The second-order valence-electron chi connectivity index (χ2n) is 18.2. The molecule has 5 aliphatic rings. The van der Waals surface area contributed by atoms with Crippen molar-refractivity contribution in [2.24, 2.45) is 34.5 Å². The highest BCUT2D eigenvalue weighted by Crippen LogP contribution is 2.67. The van der Waals surface area contributed by atoms with Gasteiger partial charge in [0.2, 0.25) is 0 Å². The maximum absolute atomic E-state index is 13.0. The molecule has 5 aliphatic carbocycles. The van der Waals surface area contributed by atoms with Crippen molar-refractivity contribution in [2.75, 3.05) is 13.2 Å². The normalized spacial score (nSPS) is 31.0. The fraction of sp³-hybridized carbons (Fsp3) is 0.580. The predicted octanol–water partition coefficient (Wildman–Crippen LogP) is 10.1. The minimum Gasteiger partial charge on any atom is -0.401 e. The number of hydrogen-bond acceptors (Lipinski definition) is 4. The van der Waals surface area contributed by atoms with E-state index in [1.165, 1.54) is 78.9 Å². The summed E-state index contributed by atoms with van der Waals surface area (Å²) < 4.78 is 21.5. The molecule has 5 heteroatoms. The van der Waals surface area contributed by atoms with Crippen LogP contribution in [-0.4, -0.2) is 39.2 Å². The lowest BCUT2D eigenvalue weighted by molar-refractivity contribution is -0.260. The van der Waals surface area contributed by atoms with Crippen molar-refractivity contribution in [3.8, 4) is 0 Å². The molecule has 0 aliphatic heterocycles. The molecule has 3 aromatic carbocycles. The zero-order valence-corrected chi connectivity index (χ0v) is 35.0. The first-order chi connectivity index (χ1) is 26.9. The van der Waals surface area contributed by atoms with Gasteiger partial charge in [0.1, 0.15) is 0 Å². The second-order valence-corrected chi connectivity index (χ2v) is 21.6. The first kappa shape index (κ1) is 39.0. The van der Waals surface area contributed by atoms with Gasteiger partial charge in [-0.3, -0.25) is 4.79 Å². The molecule has 0 saturated heterocycles. The van der Waals surface area contributed by atoms with Crippen molar-refractivity contribution >= 4 is 29.7 Å². The van der Waals surface area contributed by atoms with Gasteiger partial charge in [0.25, 0.3) is 8.32 Å². The third-order valence-corrected chi connectivity index (χ3v) is 19.8. The summed E-state index contributed by atoms with van der Waals surface area (Å²) >= 11 is 0. The van der Waals surface area contributed by atoms with Gasteiger partial charge >= 0.3 is 0 Å². The number of fused-ring (bicyclic) bond motifs is 5. The molecular weight excluding hydrogens is 693 g/mol. The summed E-state index contributed by atoms with van der Waals surface area (Å²) in [5.74, 6) is 2.47. The zero-order chi connectivity index (χ0) is 37.9. The van der Waals surface area contributed by atoms with Crippen molar-refractivity contribution in [1.82, 2.24) is 0 Å². The van der Waals surface area contributed by atoms with Crippen LogP contribution in [0.3, 0.4) is 0 Å². The molecule has 4 fully saturated rings. The molecule has 0 radical (unpaired) electrons. The SMILES string of the molecule is CCOC1(OC[C@]23CCC(=O)C=C2CC[C@@H]2[C@@H]3CC[C@]3(C)[C@H](CC(CC)O[Si](c4ccccc4)(c4ccccc4)c4ccccc4)CC[C@@H]23)CCCCCC1. The summed E-state index contributed by atoms with van der Waals surface area (Å²) in [6.07, 6.45) is 20.2. The van der Waals surface area contributed by atoms with Gasteiger partial charge in [-0.15, -0.1) is 0 Å². The van der Waals surface area contributed by atoms with E-state index < -0.39 is 14.1 Å². The summed E-state index contributed by atoms with van der Waals surface area (Å²) in [5.41, 5.74) is 1.68. The zero-order valence-electron chi connectivity index (χ0n) is 34.0. The monoisotopic (exact) mass is 758 g/mol. The average molecular weight is 759 g/mol. The van der Waals surface area contributed by atoms with Crippen molar-refractivity contribution in [3.63, 3.8) is 0 Å². The average Bonchev–Trinajstić information content (AvgIpc) is 3.38. The Hall–Kier alpha value is -2.83. The molecular formula is C50H66O4Si. The third kappa shape index (κ3) is 7.30. The summed E-state index contributed by atoms with van der Waals surface area (Å²) in [6.45, 7) is 8.55. The van der Waals surface area contributed by atoms with Crippen LogP contribution in [0.5, 0.6) is 0 Å². The Kier molecular flexibility index (Phi) is 11.8. The van der Waals surface area contributed by atoms with Gasteiger partial charge in [-0.1, -0.05) is 123 Å². The molecule has 3 aromatic rings. The van der Waals surface area contributed by atoms with Crippen LogP contribution >= 0.6 is 0 Å². The lowest BCUT2D eigenvalue weighted by Crippen LogP contribution is -2.70. The number of ether oxygens (including phenoxy) is 2. The first-order valence-corrected chi connectivity index (χ1v) is 24.1.